The summed E-state index contributed by atoms with van der Waals surface area (Å²) in [6.07, 6.45) is 9.42. The summed E-state index contributed by atoms with van der Waals surface area (Å²) in [7, 11) is 0. The molecule has 0 aromatic carbocycles. The molecule has 1 rings (SSSR count). The third-order valence-electron chi connectivity index (χ3n) is 4.92. The first-order valence-corrected chi connectivity index (χ1v) is 8.06. The summed E-state index contributed by atoms with van der Waals surface area (Å²) in [5.74, 6) is 2.54. The second-order valence-electron chi connectivity index (χ2n) is 7.97. The van der Waals surface area contributed by atoms with Gasteiger partial charge in [0.05, 0.1) is 0 Å². The van der Waals surface area contributed by atoms with Crippen LogP contribution >= 0.6 is 0 Å². The van der Waals surface area contributed by atoms with Gasteiger partial charge in [-0.3, -0.25) is 0 Å². The van der Waals surface area contributed by atoms with E-state index in [1.54, 1.807) is 0 Å². The lowest BCUT2D eigenvalue weighted by molar-refractivity contribution is 0.137. The van der Waals surface area contributed by atoms with E-state index in [9.17, 15) is 0 Å². The molecular weight excluding hydrogens is 218 g/mol. The molecule has 2 N–H and O–H groups in total. The van der Waals surface area contributed by atoms with E-state index in [4.69, 9.17) is 5.73 Å². The van der Waals surface area contributed by atoms with Crippen LogP contribution in [-0.2, 0) is 0 Å². The van der Waals surface area contributed by atoms with Gasteiger partial charge in [0.15, 0.2) is 0 Å². The molecule has 1 atom stereocenters. The lowest BCUT2D eigenvalue weighted by atomic mass is 9.68. The van der Waals surface area contributed by atoms with Gasteiger partial charge >= 0.3 is 0 Å². The van der Waals surface area contributed by atoms with E-state index in [1.165, 1.54) is 44.9 Å². The van der Waals surface area contributed by atoms with Crippen LogP contribution in [0.4, 0.5) is 0 Å². The predicted molar refractivity (Wildman–Crippen MR) is 81.6 cm³/mol. The zero-order valence-corrected chi connectivity index (χ0v) is 13.3. The Morgan fingerprint density at radius 3 is 2.00 bits per heavy atom. The van der Waals surface area contributed by atoms with Crippen LogP contribution in [0.15, 0.2) is 0 Å². The molecule has 18 heavy (non-hydrogen) atoms. The minimum Gasteiger partial charge on any atom is -0.327 e. The molecule has 0 saturated heterocycles. The molecule has 0 aromatic heterocycles. The van der Waals surface area contributed by atoms with E-state index in [1.807, 2.05) is 0 Å². The van der Waals surface area contributed by atoms with Crippen molar-refractivity contribution < 1.29 is 0 Å². The minimum absolute atomic E-state index is 0.463. The molecule has 0 amide bonds. The molecule has 0 aliphatic heterocycles. The fourth-order valence-corrected chi connectivity index (χ4v) is 3.41. The van der Waals surface area contributed by atoms with Gasteiger partial charge in [-0.25, -0.2) is 0 Å². The van der Waals surface area contributed by atoms with E-state index < -0.39 is 0 Å². The van der Waals surface area contributed by atoms with Crippen LogP contribution in [-0.4, -0.2) is 6.04 Å². The van der Waals surface area contributed by atoms with E-state index >= 15 is 0 Å². The molecule has 1 aliphatic carbocycles. The van der Waals surface area contributed by atoms with Gasteiger partial charge in [0, 0.05) is 6.04 Å². The first kappa shape index (κ1) is 16.0. The van der Waals surface area contributed by atoms with Gasteiger partial charge in [-0.1, -0.05) is 47.5 Å². The SMILES string of the molecule is CC(C)CCCC(N)C1CCC(C(C)(C)C)CC1. The molecule has 1 heteroatoms. The molecule has 0 bridgehead atoms. The van der Waals surface area contributed by atoms with Crippen molar-refractivity contribution >= 4 is 0 Å². The van der Waals surface area contributed by atoms with Gasteiger partial charge in [-0.15, -0.1) is 0 Å². The zero-order valence-electron chi connectivity index (χ0n) is 13.3. The number of nitrogens with two attached hydrogens (primary N) is 1. The second-order valence-corrected chi connectivity index (χ2v) is 7.97. The van der Waals surface area contributed by atoms with Gasteiger partial charge in [0.2, 0.25) is 0 Å². The van der Waals surface area contributed by atoms with E-state index in [0.717, 1.165) is 17.8 Å². The Bertz CT molecular complexity index is 218. The lowest BCUT2D eigenvalue weighted by Gasteiger charge is -2.38. The number of hydrogen-bond donors (Lipinski definition) is 1. The predicted octanol–water partition coefficient (Wildman–Crippen LogP) is 4.99. The number of hydrogen-bond acceptors (Lipinski definition) is 1. The van der Waals surface area contributed by atoms with Crippen LogP contribution in [0, 0.1) is 23.2 Å². The Morgan fingerprint density at radius 2 is 1.56 bits per heavy atom. The van der Waals surface area contributed by atoms with Crippen LogP contribution in [0.5, 0.6) is 0 Å². The zero-order chi connectivity index (χ0) is 13.8. The van der Waals surface area contributed by atoms with Gasteiger partial charge in [0.1, 0.15) is 0 Å². The van der Waals surface area contributed by atoms with Crippen molar-refractivity contribution in [3.8, 4) is 0 Å². The summed E-state index contributed by atoms with van der Waals surface area (Å²) in [6.45, 7) is 11.8. The van der Waals surface area contributed by atoms with Crippen LogP contribution in [0.2, 0.25) is 0 Å². The Labute approximate surface area is 115 Å². The van der Waals surface area contributed by atoms with Crippen molar-refractivity contribution in [2.24, 2.45) is 28.9 Å². The average Bonchev–Trinajstić information content (AvgIpc) is 2.27. The first-order valence-electron chi connectivity index (χ1n) is 8.06. The highest BCUT2D eigenvalue weighted by Gasteiger charge is 2.31. The van der Waals surface area contributed by atoms with Crippen molar-refractivity contribution in [1.29, 1.82) is 0 Å². The maximum atomic E-state index is 6.39. The highest BCUT2D eigenvalue weighted by molar-refractivity contribution is 4.84. The monoisotopic (exact) mass is 253 g/mol. The summed E-state index contributed by atoms with van der Waals surface area (Å²) in [5.41, 5.74) is 6.88. The van der Waals surface area contributed by atoms with E-state index in [2.05, 4.69) is 34.6 Å². The topological polar surface area (TPSA) is 26.0 Å². The van der Waals surface area contributed by atoms with E-state index in [-0.39, 0.29) is 0 Å². The molecule has 1 fully saturated rings. The molecule has 1 saturated carbocycles. The summed E-state index contributed by atoms with van der Waals surface area (Å²) in [4.78, 5) is 0. The quantitative estimate of drug-likeness (QED) is 0.733. The van der Waals surface area contributed by atoms with Gasteiger partial charge in [0.25, 0.3) is 0 Å². The molecule has 1 nitrogen and oxygen atoms in total. The Balaban J connectivity index is 2.25. The molecule has 1 unspecified atom stereocenters. The summed E-state index contributed by atoms with van der Waals surface area (Å²) in [6, 6.07) is 0.463. The molecule has 0 radical (unpaired) electrons. The summed E-state index contributed by atoms with van der Waals surface area (Å²) in [5, 5.41) is 0. The summed E-state index contributed by atoms with van der Waals surface area (Å²) >= 11 is 0. The van der Waals surface area contributed by atoms with Crippen molar-refractivity contribution in [2.45, 2.75) is 85.6 Å². The fourth-order valence-electron chi connectivity index (χ4n) is 3.41. The molecule has 0 spiro atoms. The van der Waals surface area contributed by atoms with Crippen molar-refractivity contribution in [1.82, 2.24) is 0 Å². The summed E-state index contributed by atoms with van der Waals surface area (Å²) < 4.78 is 0. The lowest BCUT2D eigenvalue weighted by Crippen LogP contribution is -2.35. The van der Waals surface area contributed by atoms with Gasteiger partial charge in [-0.05, 0) is 55.3 Å². The molecule has 108 valence electrons. The van der Waals surface area contributed by atoms with Crippen LogP contribution in [0.1, 0.15) is 79.6 Å². The van der Waals surface area contributed by atoms with Crippen molar-refractivity contribution in [3.63, 3.8) is 0 Å². The maximum Gasteiger partial charge on any atom is 0.00671 e. The number of rotatable bonds is 5. The molecule has 0 heterocycles. The Morgan fingerprint density at radius 1 is 1.00 bits per heavy atom. The first-order chi connectivity index (χ1) is 8.30. The smallest absolute Gasteiger partial charge is 0.00671 e. The van der Waals surface area contributed by atoms with Crippen molar-refractivity contribution in [2.75, 3.05) is 0 Å². The van der Waals surface area contributed by atoms with Crippen molar-refractivity contribution in [3.05, 3.63) is 0 Å². The van der Waals surface area contributed by atoms with Gasteiger partial charge in [-0.2, -0.15) is 0 Å². The Hall–Kier alpha value is -0.0400. The van der Waals surface area contributed by atoms with Crippen LogP contribution in [0.3, 0.4) is 0 Å². The standard InChI is InChI=1S/C17H35N/c1-13(2)7-6-8-16(18)14-9-11-15(12-10-14)17(3,4)5/h13-16H,6-12,18H2,1-5H3. The highest BCUT2D eigenvalue weighted by Crippen LogP contribution is 2.40. The van der Waals surface area contributed by atoms with Gasteiger partial charge < -0.3 is 5.73 Å². The average molecular weight is 253 g/mol. The fraction of sp³-hybridized carbons (Fsp3) is 1.00. The van der Waals surface area contributed by atoms with Crippen LogP contribution < -0.4 is 5.73 Å². The molecule has 1 aliphatic rings. The maximum absolute atomic E-state index is 6.39. The minimum atomic E-state index is 0.463. The third-order valence-corrected chi connectivity index (χ3v) is 4.92. The molecule has 0 aromatic rings. The second kappa shape index (κ2) is 6.93. The highest BCUT2D eigenvalue weighted by atomic mass is 14.7. The Kier molecular flexibility index (Phi) is 6.17. The van der Waals surface area contributed by atoms with Crippen LogP contribution in [0.25, 0.3) is 0 Å². The normalized spacial score (nSPS) is 27.5. The van der Waals surface area contributed by atoms with E-state index in [0.29, 0.717) is 11.5 Å². The largest absolute Gasteiger partial charge is 0.327 e. The third kappa shape index (κ3) is 5.30. The molecular formula is C17H35N.